The standard InChI is InChI=1S/C14H9Cl3FNO3S/c15-12-5-4-11(7-13(12)16)23(21,22)19(8-14(17)20)10-3-1-2-9(18)6-10/h1-7H,8H2. The van der Waals surface area contributed by atoms with Crippen LogP contribution in [0.4, 0.5) is 10.1 Å². The maximum Gasteiger partial charge on any atom is 0.264 e. The lowest BCUT2D eigenvalue weighted by molar-refractivity contribution is -0.110. The Morgan fingerprint density at radius 1 is 1.09 bits per heavy atom. The highest BCUT2D eigenvalue weighted by Crippen LogP contribution is 2.29. The summed E-state index contributed by atoms with van der Waals surface area (Å²) in [7, 11) is -4.19. The van der Waals surface area contributed by atoms with Gasteiger partial charge in [-0.15, -0.1) is 0 Å². The van der Waals surface area contributed by atoms with Gasteiger partial charge in [0.15, 0.2) is 0 Å². The Labute approximate surface area is 147 Å². The average Bonchev–Trinajstić information content (AvgIpc) is 2.47. The molecular weight excluding hydrogens is 388 g/mol. The molecule has 0 amide bonds. The Hall–Kier alpha value is -1.34. The Morgan fingerprint density at radius 2 is 1.78 bits per heavy atom. The number of carbonyl (C=O) groups excluding carboxylic acids is 1. The summed E-state index contributed by atoms with van der Waals surface area (Å²) < 4.78 is 39.6. The number of hydrogen-bond donors (Lipinski definition) is 0. The van der Waals surface area contributed by atoms with Crippen molar-refractivity contribution in [3.8, 4) is 0 Å². The topological polar surface area (TPSA) is 54.5 Å². The third-order valence-electron chi connectivity index (χ3n) is 2.84. The van der Waals surface area contributed by atoms with Gasteiger partial charge in [-0.25, -0.2) is 12.8 Å². The second kappa shape index (κ2) is 7.05. The van der Waals surface area contributed by atoms with Crippen molar-refractivity contribution in [2.24, 2.45) is 0 Å². The van der Waals surface area contributed by atoms with E-state index < -0.39 is 27.6 Å². The lowest BCUT2D eigenvalue weighted by Crippen LogP contribution is -2.34. The van der Waals surface area contributed by atoms with E-state index in [1.807, 2.05) is 0 Å². The average molecular weight is 397 g/mol. The van der Waals surface area contributed by atoms with Crippen LogP contribution >= 0.6 is 34.8 Å². The van der Waals surface area contributed by atoms with E-state index in [0.717, 1.165) is 18.2 Å². The van der Waals surface area contributed by atoms with Crippen LogP contribution in [-0.2, 0) is 14.8 Å². The molecule has 0 unspecified atom stereocenters. The molecule has 2 aromatic carbocycles. The molecule has 0 saturated heterocycles. The van der Waals surface area contributed by atoms with Crippen LogP contribution < -0.4 is 4.31 Å². The molecule has 23 heavy (non-hydrogen) atoms. The highest BCUT2D eigenvalue weighted by Gasteiger charge is 2.27. The fourth-order valence-electron chi connectivity index (χ4n) is 1.82. The van der Waals surface area contributed by atoms with Gasteiger partial charge in [-0.3, -0.25) is 9.10 Å². The van der Waals surface area contributed by atoms with Crippen LogP contribution in [0.1, 0.15) is 0 Å². The summed E-state index contributed by atoms with van der Waals surface area (Å²) in [5.74, 6) is -0.654. The van der Waals surface area contributed by atoms with Gasteiger partial charge >= 0.3 is 0 Å². The zero-order valence-electron chi connectivity index (χ0n) is 11.3. The number of hydrogen-bond acceptors (Lipinski definition) is 3. The van der Waals surface area contributed by atoms with E-state index in [-0.39, 0.29) is 20.6 Å². The van der Waals surface area contributed by atoms with E-state index in [1.54, 1.807) is 0 Å². The minimum atomic E-state index is -4.19. The van der Waals surface area contributed by atoms with Crippen molar-refractivity contribution in [3.63, 3.8) is 0 Å². The number of halogens is 4. The molecule has 0 heterocycles. The Morgan fingerprint density at radius 3 is 2.35 bits per heavy atom. The van der Waals surface area contributed by atoms with Gasteiger partial charge in [0, 0.05) is 0 Å². The second-order valence-corrected chi connectivity index (χ2v) is 7.52. The van der Waals surface area contributed by atoms with E-state index in [2.05, 4.69) is 0 Å². The molecular formula is C14H9Cl3FNO3S. The molecule has 0 aromatic heterocycles. The van der Waals surface area contributed by atoms with Crippen molar-refractivity contribution in [1.29, 1.82) is 0 Å². The van der Waals surface area contributed by atoms with Gasteiger partial charge in [0.05, 0.1) is 20.6 Å². The number of anilines is 1. The summed E-state index contributed by atoms with van der Waals surface area (Å²) in [6, 6.07) is 8.48. The van der Waals surface area contributed by atoms with Gasteiger partial charge in [0.2, 0.25) is 5.24 Å². The van der Waals surface area contributed by atoms with E-state index in [4.69, 9.17) is 34.8 Å². The molecule has 2 aromatic rings. The Balaban J connectivity index is 2.57. The largest absolute Gasteiger partial charge is 0.279 e. The zero-order valence-corrected chi connectivity index (χ0v) is 14.4. The number of rotatable bonds is 5. The molecule has 0 aliphatic rings. The Kier molecular flexibility index (Phi) is 5.52. The van der Waals surface area contributed by atoms with Crippen LogP contribution in [0, 0.1) is 5.82 Å². The SMILES string of the molecule is O=C(Cl)CN(c1cccc(F)c1)S(=O)(=O)c1ccc(Cl)c(Cl)c1. The van der Waals surface area contributed by atoms with Crippen LogP contribution in [0.25, 0.3) is 0 Å². The van der Waals surface area contributed by atoms with Crippen LogP contribution in [0.2, 0.25) is 10.0 Å². The van der Waals surface area contributed by atoms with Crippen molar-refractivity contribution < 1.29 is 17.6 Å². The smallest absolute Gasteiger partial charge is 0.264 e. The molecule has 0 saturated carbocycles. The summed E-state index contributed by atoms with van der Waals surface area (Å²) in [4.78, 5) is 11.0. The zero-order chi connectivity index (χ0) is 17.2. The second-order valence-electron chi connectivity index (χ2n) is 4.42. The maximum atomic E-state index is 13.4. The summed E-state index contributed by atoms with van der Waals surface area (Å²) >= 11 is 16.9. The number of nitrogens with zero attached hydrogens (tertiary/aromatic N) is 1. The molecule has 0 spiro atoms. The Bertz CT molecular complexity index is 858. The fourth-order valence-corrected chi connectivity index (χ4v) is 3.82. The van der Waals surface area contributed by atoms with E-state index >= 15 is 0 Å². The van der Waals surface area contributed by atoms with Crippen molar-refractivity contribution >= 4 is 55.8 Å². The molecule has 0 atom stereocenters. The summed E-state index contributed by atoms with van der Waals surface area (Å²) in [5, 5.41) is -0.710. The molecule has 4 nitrogen and oxygen atoms in total. The van der Waals surface area contributed by atoms with E-state index in [1.165, 1.54) is 24.3 Å². The van der Waals surface area contributed by atoms with Crippen LogP contribution in [0.3, 0.4) is 0 Å². The number of carbonyl (C=O) groups is 1. The normalized spacial score (nSPS) is 11.3. The van der Waals surface area contributed by atoms with Gasteiger partial charge < -0.3 is 0 Å². The first-order chi connectivity index (χ1) is 10.7. The van der Waals surface area contributed by atoms with Crippen molar-refractivity contribution in [2.45, 2.75) is 4.90 Å². The van der Waals surface area contributed by atoms with Gasteiger partial charge in [0.25, 0.3) is 10.0 Å². The summed E-state index contributed by atoms with van der Waals surface area (Å²) in [6.07, 6.45) is 0. The third-order valence-corrected chi connectivity index (χ3v) is 5.47. The lowest BCUT2D eigenvalue weighted by atomic mass is 10.3. The van der Waals surface area contributed by atoms with E-state index in [0.29, 0.717) is 4.31 Å². The minimum absolute atomic E-state index is 0.0316. The van der Waals surface area contributed by atoms with Gasteiger partial charge in [0.1, 0.15) is 12.4 Å². The van der Waals surface area contributed by atoms with Crippen molar-refractivity contribution in [3.05, 3.63) is 58.3 Å². The summed E-state index contributed by atoms with van der Waals surface area (Å²) in [5.41, 5.74) is -0.0370. The molecule has 0 aliphatic heterocycles. The van der Waals surface area contributed by atoms with Crippen LogP contribution in [0.5, 0.6) is 0 Å². The molecule has 9 heteroatoms. The molecule has 0 aliphatic carbocycles. The number of sulfonamides is 1. The molecule has 0 fully saturated rings. The molecule has 0 bridgehead atoms. The van der Waals surface area contributed by atoms with Gasteiger partial charge in [-0.1, -0.05) is 29.3 Å². The minimum Gasteiger partial charge on any atom is -0.279 e. The van der Waals surface area contributed by atoms with E-state index in [9.17, 15) is 17.6 Å². The lowest BCUT2D eigenvalue weighted by Gasteiger charge is -2.23. The predicted molar refractivity (Wildman–Crippen MR) is 88.3 cm³/mol. The first-order valence-corrected chi connectivity index (χ1v) is 8.71. The highest BCUT2D eigenvalue weighted by atomic mass is 35.5. The third kappa shape index (κ3) is 4.14. The molecule has 0 radical (unpaired) electrons. The number of benzene rings is 2. The van der Waals surface area contributed by atoms with Gasteiger partial charge in [-0.2, -0.15) is 0 Å². The van der Waals surface area contributed by atoms with Crippen molar-refractivity contribution in [1.82, 2.24) is 0 Å². The van der Waals surface area contributed by atoms with Crippen LogP contribution in [0.15, 0.2) is 47.4 Å². The maximum absolute atomic E-state index is 13.4. The van der Waals surface area contributed by atoms with Gasteiger partial charge in [-0.05, 0) is 48.0 Å². The highest BCUT2D eigenvalue weighted by molar-refractivity contribution is 7.92. The monoisotopic (exact) mass is 395 g/mol. The predicted octanol–water partition coefficient (Wildman–Crippen LogP) is 4.09. The summed E-state index contributed by atoms with van der Waals surface area (Å²) in [6.45, 7) is -0.659. The molecule has 122 valence electrons. The fraction of sp³-hybridized carbons (Fsp3) is 0.0714. The van der Waals surface area contributed by atoms with Crippen molar-refractivity contribution in [2.75, 3.05) is 10.8 Å². The first kappa shape index (κ1) is 18.0. The van der Waals surface area contributed by atoms with Crippen LogP contribution in [-0.4, -0.2) is 20.2 Å². The quantitative estimate of drug-likeness (QED) is 0.715. The molecule has 0 N–H and O–H groups in total. The molecule has 2 rings (SSSR count). The first-order valence-electron chi connectivity index (χ1n) is 6.13.